The molecular weight excluding hydrogens is 224 g/mol. The Morgan fingerprint density at radius 2 is 2.19 bits per heavy atom. The highest BCUT2D eigenvalue weighted by molar-refractivity contribution is 7.90. The Hall–Kier alpha value is -0.130. The predicted octanol–water partition coefficient (Wildman–Crippen LogP) is 0.495. The highest BCUT2D eigenvalue weighted by Gasteiger charge is 2.18. The molecule has 1 fully saturated rings. The summed E-state index contributed by atoms with van der Waals surface area (Å²) >= 11 is 0. The van der Waals surface area contributed by atoms with Crippen LogP contribution in [0, 0.1) is 0 Å². The molecule has 96 valence electrons. The molecule has 16 heavy (non-hydrogen) atoms. The molecule has 1 aliphatic heterocycles. The summed E-state index contributed by atoms with van der Waals surface area (Å²) in [6, 6.07) is 0.594. The number of sulfone groups is 1. The van der Waals surface area contributed by atoms with E-state index in [2.05, 4.69) is 17.1 Å². The van der Waals surface area contributed by atoms with E-state index in [9.17, 15) is 8.42 Å². The maximum atomic E-state index is 11.0. The summed E-state index contributed by atoms with van der Waals surface area (Å²) < 4.78 is 22.0. The normalized spacial score (nSPS) is 23.5. The Kier molecular flexibility index (Phi) is 5.72. The zero-order chi connectivity index (χ0) is 12.0. The zero-order valence-corrected chi connectivity index (χ0v) is 11.2. The molecule has 0 bridgehead atoms. The summed E-state index contributed by atoms with van der Waals surface area (Å²) in [4.78, 5) is 2.38. The van der Waals surface area contributed by atoms with Crippen LogP contribution in [0.15, 0.2) is 0 Å². The molecule has 1 rings (SSSR count). The predicted molar refractivity (Wildman–Crippen MR) is 67.5 cm³/mol. The van der Waals surface area contributed by atoms with Gasteiger partial charge in [-0.15, -0.1) is 0 Å². The van der Waals surface area contributed by atoms with Gasteiger partial charge in [0.25, 0.3) is 0 Å². The third-order valence-corrected chi connectivity index (χ3v) is 4.00. The molecule has 0 amide bonds. The van der Waals surface area contributed by atoms with Crippen LogP contribution in [0.2, 0.25) is 0 Å². The second-order valence-electron chi connectivity index (χ2n) is 4.72. The van der Waals surface area contributed by atoms with E-state index < -0.39 is 9.84 Å². The Labute approximate surface area is 99.3 Å². The first kappa shape index (κ1) is 13.9. The van der Waals surface area contributed by atoms with Crippen molar-refractivity contribution in [2.45, 2.75) is 32.2 Å². The molecular formula is C11H24N2O2S. The molecule has 1 atom stereocenters. The quantitative estimate of drug-likeness (QED) is 0.743. The van der Waals surface area contributed by atoms with Gasteiger partial charge in [-0.2, -0.15) is 0 Å². The average Bonchev–Trinajstić information content (AvgIpc) is 2.17. The summed E-state index contributed by atoms with van der Waals surface area (Å²) in [6.07, 6.45) is 4.49. The fraction of sp³-hybridized carbons (Fsp3) is 1.00. The molecule has 1 saturated heterocycles. The third kappa shape index (κ3) is 5.82. The van der Waals surface area contributed by atoms with E-state index in [-0.39, 0.29) is 0 Å². The van der Waals surface area contributed by atoms with E-state index in [1.807, 2.05) is 0 Å². The van der Waals surface area contributed by atoms with E-state index in [4.69, 9.17) is 0 Å². The Morgan fingerprint density at radius 1 is 1.44 bits per heavy atom. The molecule has 0 radical (unpaired) electrons. The summed E-state index contributed by atoms with van der Waals surface area (Å²) in [7, 11) is -2.79. The molecule has 5 heteroatoms. The lowest BCUT2D eigenvalue weighted by Crippen LogP contribution is -2.50. The highest BCUT2D eigenvalue weighted by Crippen LogP contribution is 2.05. The number of hydrogen-bond donors (Lipinski definition) is 1. The van der Waals surface area contributed by atoms with Gasteiger partial charge in [-0.25, -0.2) is 8.42 Å². The van der Waals surface area contributed by atoms with Crippen molar-refractivity contribution in [3.63, 3.8) is 0 Å². The van der Waals surface area contributed by atoms with Gasteiger partial charge in [0, 0.05) is 31.9 Å². The number of piperazine rings is 1. The first-order valence-corrected chi connectivity index (χ1v) is 8.21. The Morgan fingerprint density at radius 3 is 2.81 bits per heavy atom. The lowest BCUT2D eigenvalue weighted by atomic mass is 10.1. The maximum absolute atomic E-state index is 11.0. The second kappa shape index (κ2) is 6.57. The Balaban J connectivity index is 2.21. The SMILES string of the molecule is CCCC1CN(CCCS(C)(=O)=O)CCN1. The van der Waals surface area contributed by atoms with Gasteiger partial charge in [0.1, 0.15) is 9.84 Å². The fourth-order valence-electron chi connectivity index (χ4n) is 2.19. The summed E-state index contributed by atoms with van der Waals surface area (Å²) in [5, 5.41) is 3.50. The minimum atomic E-state index is -2.79. The zero-order valence-electron chi connectivity index (χ0n) is 10.4. The topological polar surface area (TPSA) is 49.4 Å². The minimum Gasteiger partial charge on any atom is -0.311 e. The molecule has 0 aromatic heterocycles. The number of rotatable bonds is 6. The number of nitrogens with one attached hydrogen (secondary N) is 1. The van der Waals surface area contributed by atoms with Gasteiger partial charge in [0.15, 0.2) is 0 Å². The monoisotopic (exact) mass is 248 g/mol. The van der Waals surface area contributed by atoms with Gasteiger partial charge < -0.3 is 10.2 Å². The molecule has 0 aromatic carbocycles. The van der Waals surface area contributed by atoms with E-state index in [0.717, 1.165) is 32.6 Å². The molecule has 1 aliphatic rings. The van der Waals surface area contributed by atoms with Crippen molar-refractivity contribution in [2.75, 3.05) is 38.2 Å². The first-order chi connectivity index (χ1) is 7.51. The molecule has 0 spiro atoms. The first-order valence-electron chi connectivity index (χ1n) is 6.14. The fourth-order valence-corrected chi connectivity index (χ4v) is 2.84. The van der Waals surface area contributed by atoms with Crippen LogP contribution in [0.1, 0.15) is 26.2 Å². The van der Waals surface area contributed by atoms with Crippen molar-refractivity contribution in [3.8, 4) is 0 Å². The second-order valence-corrected chi connectivity index (χ2v) is 6.98. The molecule has 1 unspecified atom stereocenters. The molecule has 4 nitrogen and oxygen atoms in total. The van der Waals surface area contributed by atoms with Crippen molar-refractivity contribution in [1.29, 1.82) is 0 Å². The van der Waals surface area contributed by atoms with Crippen LogP contribution in [0.4, 0.5) is 0 Å². The van der Waals surface area contributed by atoms with Crippen LogP contribution < -0.4 is 5.32 Å². The largest absolute Gasteiger partial charge is 0.311 e. The molecule has 0 aliphatic carbocycles. The minimum absolute atomic E-state index is 0.315. The third-order valence-electron chi connectivity index (χ3n) is 2.97. The van der Waals surface area contributed by atoms with Crippen molar-refractivity contribution in [3.05, 3.63) is 0 Å². The van der Waals surface area contributed by atoms with E-state index in [0.29, 0.717) is 11.8 Å². The number of hydrogen-bond acceptors (Lipinski definition) is 4. The van der Waals surface area contributed by atoms with Crippen LogP contribution in [0.3, 0.4) is 0 Å². The van der Waals surface area contributed by atoms with Crippen molar-refractivity contribution in [1.82, 2.24) is 10.2 Å². The van der Waals surface area contributed by atoms with E-state index in [1.54, 1.807) is 0 Å². The number of nitrogens with zero attached hydrogens (tertiary/aromatic N) is 1. The summed E-state index contributed by atoms with van der Waals surface area (Å²) in [6.45, 7) is 6.25. The van der Waals surface area contributed by atoms with Gasteiger partial charge in [0.05, 0.1) is 5.75 Å². The molecule has 1 N–H and O–H groups in total. The van der Waals surface area contributed by atoms with Crippen molar-refractivity contribution < 1.29 is 8.42 Å². The van der Waals surface area contributed by atoms with E-state index in [1.165, 1.54) is 19.1 Å². The lowest BCUT2D eigenvalue weighted by Gasteiger charge is -2.33. The standard InChI is InChI=1S/C11H24N2O2S/c1-3-5-11-10-13(8-6-12-11)7-4-9-16(2,14)15/h11-12H,3-10H2,1-2H3. The molecule has 1 heterocycles. The highest BCUT2D eigenvalue weighted by atomic mass is 32.2. The van der Waals surface area contributed by atoms with Crippen LogP contribution in [0.25, 0.3) is 0 Å². The summed E-state index contributed by atoms with van der Waals surface area (Å²) in [5.41, 5.74) is 0. The smallest absolute Gasteiger partial charge is 0.147 e. The van der Waals surface area contributed by atoms with Crippen LogP contribution >= 0.6 is 0 Å². The van der Waals surface area contributed by atoms with Crippen molar-refractivity contribution in [2.24, 2.45) is 0 Å². The summed E-state index contributed by atoms with van der Waals surface area (Å²) in [5.74, 6) is 0.315. The van der Waals surface area contributed by atoms with Crippen LogP contribution in [-0.2, 0) is 9.84 Å². The van der Waals surface area contributed by atoms with Gasteiger partial charge in [-0.05, 0) is 19.4 Å². The van der Waals surface area contributed by atoms with Gasteiger partial charge >= 0.3 is 0 Å². The van der Waals surface area contributed by atoms with Crippen LogP contribution in [0.5, 0.6) is 0 Å². The van der Waals surface area contributed by atoms with Gasteiger partial charge in [-0.3, -0.25) is 0 Å². The molecule has 0 saturated carbocycles. The van der Waals surface area contributed by atoms with E-state index >= 15 is 0 Å². The Bertz CT molecular complexity index is 288. The average molecular weight is 248 g/mol. The van der Waals surface area contributed by atoms with Gasteiger partial charge in [0.2, 0.25) is 0 Å². The van der Waals surface area contributed by atoms with Crippen LogP contribution in [-0.4, -0.2) is 57.5 Å². The van der Waals surface area contributed by atoms with Gasteiger partial charge in [-0.1, -0.05) is 13.3 Å². The molecule has 0 aromatic rings. The lowest BCUT2D eigenvalue weighted by molar-refractivity contribution is 0.194. The maximum Gasteiger partial charge on any atom is 0.147 e. The van der Waals surface area contributed by atoms with Crippen molar-refractivity contribution >= 4 is 9.84 Å².